The Bertz CT molecular complexity index is 861. The number of nitrogens with zero attached hydrogens (tertiary/aromatic N) is 1. The molecule has 0 aromatic heterocycles. The molecule has 1 atom stereocenters. The number of rotatable bonds is 6. The number of nitrogens with one attached hydrogen (secondary N) is 2. The van der Waals surface area contributed by atoms with Gasteiger partial charge in [0, 0.05) is 23.2 Å². The zero-order valence-corrected chi connectivity index (χ0v) is 15.5. The van der Waals surface area contributed by atoms with Gasteiger partial charge in [0.1, 0.15) is 5.82 Å². The molecule has 0 fully saturated rings. The summed E-state index contributed by atoms with van der Waals surface area (Å²) in [5.41, 5.74) is 1.40. The van der Waals surface area contributed by atoms with Crippen molar-refractivity contribution in [3.63, 3.8) is 0 Å². The molecule has 9 heteroatoms. The lowest BCUT2D eigenvalue weighted by Crippen LogP contribution is -2.30. The van der Waals surface area contributed by atoms with E-state index < -0.39 is 22.7 Å². The molecule has 0 aliphatic carbocycles. The van der Waals surface area contributed by atoms with Crippen molar-refractivity contribution in [1.82, 2.24) is 5.32 Å². The quantitative estimate of drug-likeness (QED) is 0.420. The van der Waals surface area contributed by atoms with E-state index in [1.54, 1.807) is 19.9 Å². The lowest BCUT2D eigenvalue weighted by Gasteiger charge is -2.16. The SMILES string of the molecule is Cc1ccc([N+](=O)[O-])cc1NC(=O)CN[C@H](C)c1cc(F)c(Cl)cc1Cl. The summed E-state index contributed by atoms with van der Waals surface area (Å²) in [7, 11) is 0. The van der Waals surface area contributed by atoms with Crippen LogP contribution < -0.4 is 10.6 Å². The molecule has 2 aromatic rings. The first-order valence-electron chi connectivity index (χ1n) is 7.61. The minimum Gasteiger partial charge on any atom is -0.324 e. The number of hydrogen-bond donors (Lipinski definition) is 2. The van der Waals surface area contributed by atoms with Crippen molar-refractivity contribution in [3.05, 3.63) is 67.4 Å². The fraction of sp³-hybridized carbons (Fsp3) is 0.235. The highest BCUT2D eigenvalue weighted by Gasteiger charge is 2.15. The highest BCUT2D eigenvalue weighted by atomic mass is 35.5. The third kappa shape index (κ3) is 4.91. The van der Waals surface area contributed by atoms with Crippen molar-refractivity contribution in [2.75, 3.05) is 11.9 Å². The molecule has 2 rings (SSSR count). The van der Waals surface area contributed by atoms with Crippen molar-refractivity contribution in [2.45, 2.75) is 19.9 Å². The molecule has 0 aliphatic rings. The van der Waals surface area contributed by atoms with E-state index in [1.807, 2.05) is 0 Å². The maximum atomic E-state index is 13.6. The van der Waals surface area contributed by atoms with Gasteiger partial charge in [-0.2, -0.15) is 0 Å². The maximum Gasteiger partial charge on any atom is 0.271 e. The lowest BCUT2D eigenvalue weighted by atomic mass is 10.1. The Balaban J connectivity index is 2.02. The number of amides is 1. The van der Waals surface area contributed by atoms with Crippen molar-refractivity contribution in [2.24, 2.45) is 0 Å². The van der Waals surface area contributed by atoms with Gasteiger partial charge in [0.25, 0.3) is 5.69 Å². The van der Waals surface area contributed by atoms with Crippen LogP contribution in [0, 0.1) is 22.9 Å². The third-order valence-electron chi connectivity index (χ3n) is 3.78. The van der Waals surface area contributed by atoms with E-state index in [0.717, 1.165) is 0 Å². The summed E-state index contributed by atoms with van der Waals surface area (Å²) in [6, 6.07) is 6.32. The van der Waals surface area contributed by atoms with Gasteiger partial charge in [0.15, 0.2) is 0 Å². The van der Waals surface area contributed by atoms with Crippen LogP contribution >= 0.6 is 23.2 Å². The number of benzene rings is 2. The fourth-order valence-electron chi connectivity index (χ4n) is 2.28. The number of nitro benzene ring substituents is 1. The summed E-state index contributed by atoms with van der Waals surface area (Å²) in [5, 5.41) is 16.6. The third-order valence-corrected chi connectivity index (χ3v) is 4.40. The highest BCUT2D eigenvalue weighted by molar-refractivity contribution is 6.35. The summed E-state index contributed by atoms with van der Waals surface area (Å²) in [6.45, 7) is 3.36. The van der Waals surface area contributed by atoms with Crippen LogP contribution in [0.15, 0.2) is 30.3 Å². The average molecular weight is 400 g/mol. The summed E-state index contributed by atoms with van der Waals surface area (Å²) in [5.74, 6) is -0.998. The molecule has 0 saturated carbocycles. The number of non-ortho nitro benzene ring substituents is 1. The second kappa shape index (κ2) is 8.44. The molecule has 0 saturated heterocycles. The molecule has 0 radical (unpaired) electrons. The largest absolute Gasteiger partial charge is 0.324 e. The normalized spacial score (nSPS) is 11.9. The molecular weight excluding hydrogens is 384 g/mol. The minimum atomic E-state index is -0.601. The van der Waals surface area contributed by atoms with Crippen LogP contribution in [-0.4, -0.2) is 17.4 Å². The molecule has 0 unspecified atom stereocenters. The van der Waals surface area contributed by atoms with E-state index in [0.29, 0.717) is 16.8 Å². The first-order valence-corrected chi connectivity index (χ1v) is 8.37. The predicted molar refractivity (Wildman–Crippen MR) is 99.3 cm³/mol. The van der Waals surface area contributed by atoms with Gasteiger partial charge in [-0.3, -0.25) is 14.9 Å². The van der Waals surface area contributed by atoms with Crippen LogP contribution in [0.4, 0.5) is 15.8 Å². The topological polar surface area (TPSA) is 84.3 Å². The summed E-state index contributed by atoms with van der Waals surface area (Å²) >= 11 is 11.7. The van der Waals surface area contributed by atoms with Gasteiger partial charge in [-0.25, -0.2) is 4.39 Å². The molecule has 0 heterocycles. The van der Waals surface area contributed by atoms with Crippen molar-refractivity contribution >= 4 is 40.5 Å². The Morgan fingerprint density at radius 3 is 2.62 bits per heavy atom. The van der Waals surface area contributed by atoms with Crippen LogP contribution in [0.25, 0.3) is 0 Å². The Morgan fingerprint density at radius 2 is 1.96 bits per heavy atom. The van der Waals surface area contributed by atoms with E-state index in [-0.39, 0.29) is 22.3 Å². The number of hydrogen-bond acceptors (Lipinski definition) is 4. The van der Waals surface area contributed by atoms with Gasteiger partial charge in [-0.1, -0.05) is 29.3 Å². The Kier molecular flexibility index (Phi) is 6.52. The summed E-state index contributed by atoms with van der Waals surface area (Å²) < 4.78 is 13.6. The van der Waals surface area contributed by atoms with Crippen LogP contribution in [0.2, 0.25) is 10.0 Å². The second-order valence-electron chi connectivity index (χ2n) is 5.69. The van der Waals surface area contributed by atoms with Gasteiger partial charge in [-0.15, -0.1) is 0 Å². The Labute approximate surface area is 159 Å². The molecule has 1 amide bonds. The number of aryl methyl sites for hydroxylation is 1. The van der Waals surface area contributed by atoms with Crippen LogP contribution in [0.1, 0.15) is 24.1 Å². The predicted octanol–water partition coefficient (Wildman–Crippen LogP) is 4.64. The highest BCUT2D eigenvalue weighted by Crippen LogP contribution is 2.28. The second-order valence-corrected chi connectivity index (χ2v) is 6.51. The van der Waals surface area contributed by atoms with Gasteiger partial charge >= 0.3 is 0 Å². The number of anilines is 1. The number of carbonyl (C=O) groups is 1. The minimum absolute atomic E-state index is 0.0789. The van der Waals surface area contributed by atoms with Crippen LogP contribution in [-0.2, 0) is 4.79 Å². The lowest BCUT2D eigenvalue weighted by molar-refractivity contribution is -0.384. The van der Waals surface area contributed by atoms with Crippen LogP contribution in [0.3, 0.4) is 0 Å². The van der Waals surface area contributed by atoms with Crippen molar-refractivity contribution in [3.8, 4) is 0 Å². The van der Waals surface area contributed by atoms with E-state index >= 15 is 0 Å². The molecule has 2 N–H and O–H groups in total. The first-order chi connectivity index (χ1) is 12.2. The monoisotopic (exact) mass is 399 g/mol. The Morgan fingerprint density at radius 1 is 1.27 bits per heavy atom. The number of carbonyl (C=O) groups excluding carboxylic acids is 1. The molecular formula is C17H16Cl2FN3O3. The smallest absolute Gasteiger partial charge is 0.271 e. The van der Waals surface area contributed by atoms with Gasteiger partial charge < -0.3 is 10.6 Å². The molecule has 0 aliphatic heterocycles. The van der Waals surface area contributed by atoms with E-state index in [4.69, 9.17) is 23.2 Å². The van der Waals surface area contributed by atoms with E-state index in [2.05, 4.69) is 10.6 Å². The first kappa shape index (κ1) is 20.1. The maximum absolute atomic E-state index is 13.6. The van der Waals surface area contributed by atoms with Crippen molar-refractivity contribution < 1.29 is 14.1 Å². The molecule has 26 heavy (non-hydrogen) atoms. The summed E-state index contributed by atoms with van der Waals surface area (Å²) in [6.07, 6.45) is 0. The van der Waals surface area contributed by atoms with Gasteiger partial charge in [0.2, 0.25) is 5.91 Å². The van der Waals surface area contributed by atoms with E-state index in [1.165, 1.54) is 24.3 Å². The van der Waals surface area contributed by atoms with Crippen molar-refractivity contribution in [1.29, 1.82) is 0 Å². The van der Waals surface area contributed by atoms with E-state index in [9.17, 15) is 19.3 Å². The molecule has 0 spiro atoms. The molecule has 6 nitrogen and oxygen atoms in total. The van der Waals surface area contributed by atoms with Gasteiger partial charge in [-0.05, 0) is 37.1 Å². The average Bonchev–Trinajstić information content (AvgIpc) is 2.57. The molecule has 0 bridgehead atoms. The number of nitro groups is 1. The standard InChI is InChI=1S/C17H16Cl2FN3O3/c1-9-3-4-11(23(25)26)5-16(9)22-17(24)8-21-10(2)12-6-15(20)14(19)7-13(12)18/h3-7,10,21H,8H2,1-2H3,(H,22,24)/t10-/m1/s1. The Hall–Kier alpha value is -2.22. The number of halogens is 3. The zero-order valence-electron chi connectivity index (χ0n) is 14.0. The summed E-state index contributed by atoms with van der Waals surface area (Å²) in [4.78, 5) is 22.4. The van der Waals surface area contributed by atoms with Crippen LogP contribution in [0.5, 0.6) is 0 Å². The fourth-order valence-corrected chi connectivity index (χ4v) is 2.82. The zero-order chi connectivity index (χ0) is 19.4. The van der Waals surface area contributed by atoms with Gasteiger partial charge in [0.05, 0.1) is 22.2 Å². The molecule has 138 valence electrons. The molecule has 2 aromatic carbocycles.